The van der Waals surface area contributed by atoms with Crippen molar-refractivity contribution in [2.24, 2.45) is 0 Å². The Morgan fingerprint density at radius 2 is 1.96 bits per heavy atom. The second kappa shape index (κ2) is 8.77. The number of rotatable bonds is 6. The molecule has 1 heterocycles. The summed E-state index contributed by atoms with van der Waals surface area (Å²) in [6, 6.07) is 14.0. The SMILES string of the molecule is C[C@@H](O)Cn1c(S[C@H](C)C(=O)Nc2ccccc2)nc2cc(Cl)ccc2c1=O. The zero-order chi connectivity index (χ0) is 20.3. The molecule has 8 heteroatoms. The van der Waals surface area contributed by atoms with E-state index in [0.29, 0.717) is 26.8 Å². The number of aliphatic hydroxyl groups excluding tert-OH is 1. The first-order valence-electron chi connectivity index (χ1n) is 8.76. The molecule has 6 nitrogen and oxygen atoms in total. The molecular weight excluding hydrogens is 398 g/mol. The molecule has 2 N–H and O–H groups in total. The second-order valence-corrected chi connectivity index (χ2v) is 8.18. The average molecular weight is 418 g/mol. The van der Waals surface area contributed by atoms with E-state index in [-0.39, 0.29) is 18.0 Å². The summed E-state index contributed by atoms with van der Waals surface area (Å²) in [6.45, 7) is 3.42. The lowest BCUT2D eigenvalue weighted by Crippen LogP contribution is -2.29. The van der Waals surface area contributed by atoms with Gasteiger partial charge in [0.2, 0.25) is 5.91 Å². The van der Waals surface area contributed by atoms with E-state index in [1.54, 1.807) is 44.2 Å². The lowest BCUT2D eigenvalue weighted by Gasteiger charge is -2.17. The number of aliphatic hydroxyl groups is 1. The molecule has 2 atom stereocenters. The Balaban J connectivity index is 1.93. The predicted molar refractivity (Wildman–Crippen MR) is 113 cm³/mol. The minimum atomic E-state index is -0.739. The van der Waals surface area contributed by atoms with Crippen molar-refractivity contribution in [2.75, 3.05) is 5.32 Å². The summed E-state index contributed by atoms with van der Waals surface area (Å²) in [7, 11) is 0. The molecule has 0 bridgehead atoms. The van der Waals surface area contributed by atoms with Crippen LogP contribution in [0.5, 0.6) is 0 Å². The van der Waals surface area contributed by atoms with Gasteiger partial charge in [0.05, 0.1) is 28.8 Å². The standard InChI is InChI=1S/C20H20ClN3O3S/c1-12(25)11-24-19(27)16-9-8-14(21)10-17(16)23-20(24)28-13(2)18(26)22-15-6-4-3-5-7-15/h3-10,12-13,25H,11H2,1-2H3,(H,22,26)/t12-,13-/m1/s1. The van der Waals surface area contributed by atoms with Crippen LogP contribution in [0.2, 0.25) is 5.02 Å². The van der Waals surface area contributed by atoms with Crippen molar-refractivity contribution in [3.05, 3.63) is 63.9 Å². The first-order valence-corrected chi connectivity index (χ1v) is 10.0. The molecule has 1 amide bonds. The number of aromatic nitrogens is 2. The number of fused-ring (bicyclic) bond motifs is 1. The van der Waals surface area contributed by atoms with E-state index in [9.17, 15) is 14.7 Å². The number of hydrogen-bond acceptors (Lipinski definition) is 5. The molecular formula is C20H20ClN3O3S. The van der Waals surface area contributed by atoms with Gasteiger partial charge in [0.15, 0.2) is 5.16 Å². The Morgan fingerprint density at radius 3 is 2.64 bits per heavy atom. The van der Waals surface area contributed by atoms with Gasteiger partial charge >= 0.3 is 0 Å². The number of amides is 1. The first kappa shape index (κ1) is 20.4. The Morgan fingerprint density at radius 1 is 1.25 bits per heavy atom. The van der Waals surface area contributed by atoms with Crippen molar-refractivity contribution in [3.63, 3.8) is 0 Å². The van der Waals surface area contributed by atoms with Crippen molar-refractivity contribution in [3.8, 4) is 0 Å². The highest BCUT2D eigenvalue weighted by atomic mass is 35.5. The highest BCUT2D eigenvalue weighted by Gasteiger charge is 2.20. The molecule has 0 saturated heterocycles. The normalized spacial score (nSPS) is 13.3. The highest BCUT2D eigenvalue weighted by Crippen LogP contribution is 2.25. The number of hydrogen-bond donors (Lipinski definition) is 2. The van der Waals surface area contributed by atoms with Crippen LogP contribution < -0.4 is 10.9 Å². The smallest absolute Gasteiger partial charge is 0.262 e. The molecule has 2 aromatic carbocycles. The van der Waals surface area contributed by atoms with Gasteiger partial charge in [-0.2, -0.15) is 0 Å². The molecule has 0 aliphatic carbocycles. The lowest BCUT2D eigenvalue weighted by molar-refractivity contribution is -0.115. The molecule has 146 valence electrons. The lowest BCUT2D eigenvalue weighted by atomic mass is 10.2. The van der Waals surface area contributed by atoms with Crippen molar-refractivity contribution in [1.29, 1.82) is 0 Å². The van der Waals surface area contributed by atoms with Crippen molar-refractivity contribution in [2.45, 2.75) is 36.9 Å². The summed E-state index contributed by atoms with van der Waals surface area (Å²) < 4.78 is 1.40. The number of carbonyl (C=O) groups is 1. The summed E-state index contributed by atoms with van der Waals surface area (Å²) in [5.41, 5.74) is 0.873. The van der Waals surface area contributed by atoms with Gasteiger partial charge in [0.1, 0.15) is 0 Å². The third-order valence-corrected chi connectivity index (χ3v) is 5.35. The summed E-state index contributed by atoms with van der Waals surface area (Å²) >= 11 is 7.19. The number of nitrogens with zero attached hydrogens (tertiary/aromatic N) is 2. The van der Waals surface area contributed by atoms with E-state index in [0.717, 1.165) is 11.8 Å². The van der Waals surface area contributed by atoms with Crippen LogP contribution in [0.25, 0.3) is 10.9 Å². The minimum absolute atomic E-state index is 0.0831. The maximum absolute atomic E-state index is 12.9. The summed E-state index contributed by atoms with van der Waals surface area (Å²) in [5.74, 6) is -0.208. The van der Waals surface area contributed by atoms with Gasteiger partial charge in [0.25, 0.3) is 5.56 Å². The van der Waals surface area contributed by atoms with Gasteiger partial charge in [-0.3, -0.25) is 14.2 Å². The van der Waals surface area contributed by atoms with Gasteiger partial charge in [-0.15, -0.1) is 0 Å². The summed E-state index contributed by atoms with van der Waals surface area (Å²) in [6.07, 6.45) is -0.739. The van der Waals surface area contributed by atoms with Crippen molar-refractivity contribution < 1.29 is 9.90 Å². The predicted octanol–water partition coefficient (Wildman–Crippen LogP) is 3.55. The first-order chi connectivity index (χ1) is 13.3. The van der Waals surface area contributed by atoms with Crippen LogP contribution in [0.1, 0.15) is 13.8 Å². The molecule has 0 aliphatic rings. The molecule has 0 saturated carbocycles. The monoisotopic (exact) mass is 417 g/mol. The number of halogens is 1. The van der Waals surface area contributed by atoms with Crippen molar-refractivity contribution in [1.82, 2.24) is 9.55 Å². The van der Waals surface area contributed by atoms with E-state index in [1.165, 1.54) is 4.57 Å². The van der Waals surface area contributed by atoms with Crippen LogP contribution >= 0.6 is 23.4 Å². The van der Waals surface area contributed by atoms with E-state index in [1.807, 2.05) is 18.2 Å². The molecule has 3 aromatic rings. The van der Waals surface area contributed by atoms with Crippen molar-refractivity contribution >= 4 is 45.9 Å². The van der Waals surface area contributed by atoms with E-state index in [2.05, 4.69) is 10.3 Å². The molecule has 0 fully saturated rings. The molecule has 0 radical (unpaired) electrons. The number of carbonyl (C=O) groups excluding carboxylic acids is 1. The van der Waals surface area contributed by atoms with Gasteiger partial charge in [-0.1, -0.05) is 41.6 Å². The van der Waals surface area contributed by atoms with E-state index in [4.69, 9.17) is 11.6 Å². The van der Waals surface area contributed by atoms with Crippen LogP contribution in [0.15, 0.2) is 58.5 Å². The molecule has 28 heavy (non-hydrogen) atoms. The molecule has 1 aromatic heterocycles. The van der Waals surface area contributed by atoms with Crippen LogP contribution in [0, 0.1) is 0 Å². The van der Waals surface area contributed by atoms with Crippen LogP contribution in [-0.2, 0) is 11.3 Å². The average Bonchev–Trinajstić information content (AvgIpc) is 2.65. The molecule has 0 spiro atoms. The minimum Gasteiger partial charge on any atom is -0.392 e. The molecule has 0 unspecified atom stereocenters. The van der Waals surface area contributed by atoms with E-state index < -0.39 is 11.4 Å². The summed E-state index contributed by atoms with van der Waals surface area (Å²) in [5, 5.41) is 13.4. The largest absolute Gasteiger partial charge is 0.392 e. The Kier molecular flexibility index (Phi) is 6.39. The maximum atomic E-state index is 12.9. The Hall–Kier alpha value is -2.35. The third-order valence-electron chi connectivity index (χ3n) is 4.02. The number of thioether (sulfide) groups is 1. The van der Waals surface area contributed by atoms with Crippen LogP contribution in [0.4, 0.5) is 5.69 Å². The Bertz CT molecular complexity index is 1050. The van der Waals surface area contributed by atoms with Gasteiger partial charge in [0, 0.05) is 10.7 Å². The van der Waals surface area contributed by atoms with Gasteiger partial charge in [-0.25, -0.2) is 4.98 Å². The number of benzene rings is 2. The number of para-hydroxylation sites is 1. The number of nitrogens with one attached hydrogen (secondary N) is 1. The van der Waals surface area contributed by atoms with Crippen LogP contribution in [0.3, 0.4) is 0 Å². The summed E-state index contributed by atoms with van der Waals surface area (Å²) in [4.78, 5) is 30.0. The topological polar surface area (TPSA) is 84.2 Å². The van der Waals surface area contributed by atoms with Gasteiger partial charge in [-0.05, 0) is 44.2 Å². The quantitative estimate of drug-likeness (QED) is 0.473. The second-order valence-electron chi connectivity index (χ2n) is 6.44. The molecule has 3 rings (SSSR count). The Labute approximate surface area is 171 Å². The number of anilines is 1. The van der Waals surface area contributed by atoms with Gasteiger partial charge < -0.3 is 10.4 Å². The third kappa shape index (κ3) is 4.73. The highest BCUT2D eigenvalue weighted by molar-refractivity contribution is 8.00. The zero-order valence-electron chi connectivity index (χ0n) is 15.4. The zero-order valence-corrected chi connectivity index (χ0v) is 17.0. The fourth-order valence-electron chi connectivity index (χ4n) is 2.67. The fraction of sp³-hybridized carbons (Fsp3) is 0.250. The van der Waals surface area contributed by atoms with E-state index >= 15 is 0 Å². The fourth-order valence-corrected chi connectivity index (χ4v) is 3.75. The van der Waals surface area contributed by atoms with Crippen LogP contribution in [-0.4, -0.2) is 31.9 Å². The maximum Gasteiger partial charge on any atom is 0.262 e. The molecule has 0 aliphatic heterocycles.